The molecule has 44 heavy (non-hydrogen) atoms. The van der Waals surface area contributed by atoms with Crippen molar-refractivity contribution >= 4 is 34.0 Å². The average molecular weight is 607 g/mol. The molecule has 0 heterocycles. The Morgan fingerprint density at radius 2 is 0.636 bits per heavy atom. The molecular weight excluding hydrogens is 568 g/mol. The number of benzene rings is 6. The molecular formula is C42H39ClSi. The van der Waals surface area contributed by atoms with Crippen LogP contribution in [-0.4, -0.2) is 7.38 Å². The zero-order valence-corrected chi connectivity index (χ0v) is 27.6. The summed E-state index contributed by atoms with van der Waals surface area (Å²) >= 11 is 8.30. The number of hydrogen-bond donors (Lipinski definition) is 0. The van der Waals surface area contributed by atoms with Crippen LogP contribution in [0.2, 0.25) is 0 Å². The third-order valence-corrected chi connectivity index (χ3v) is 13.6. The van der Waals surface area contributed by atoms with Crippen molar-refractivity contribution < 1.29 is 0 Å². The summed E-state index contributed by atoms with van der Waals surface area (Å²) in [5.41, 5.74) is 11.6. The first-order valence-corrected chi connectivity index (χ1v) is 18.5. The molecule has 0 radical (unpaired) electrons. The van der Waals surface area contributed by atoms with Crippen molar-refractivity contribution in [2.45, 2.75) is 40.0 Å². The van der Waals surface area contributed by atoms with E-state index in [-0.39, 0.29) is 0 Å². The molecule has 0 nitrogen and oxygen atoms in total. The van der Waals surface area contributed by atoms with Crippen LogP contribution in [0.4, 0.5) is 0 Å². The van der Waals surface area contributed by atoms with E-state index >= 15 is 0 Å². The van der Waals surface area contributed by atoms with E-state index in [2.05, 4.69) is 166 Å². The highest BCUT2D eigenvalue weighted by atomic mass is 35.6. The van der Waals surface area contributed by atoms with Gasteiger partial charge in [-0.25, -0.2) is 0 Å². The standard InChI is InChI=1S/C42H39ClSi/c1-31-19-37(25-34-13-7-4-8-14-34)28-40(22-31)44(43,41-23-32(2)20-38(29-41)26-35-15-9-5-10-16-35)42-24-33(3)21-39(30-42)27-36-17-11-6-12-18-36/h4-24,28-30H,25-27H2,1-3H3. The normalized spacial score (nSPS) is 11.5. The molecule has 2 heteroatoms. The van der Waals surface area contributed by atoms with Crippen molar-refractivity contribution in [1.82, 2.24) is 0 Å². The Bertz CT molecular complexity index is 1640. The Morgan fingerprint density at radius 1 is 0.364 bits per heavy atom. The second-order valence-corrected chi connectivity index (χ2v) is 17.0. The maximum atomic E-state index is 8.30. The van der Waals surface area contributed by atoms with E-state index < -0.39 is 7.38 Å². The Kier molecular flexibility index (Phi) is 8.98. The van der Waals surface area contributed by atoms with Gasteiger partial charge in [0.25, 0.3) is 0 Å². The first-order valence-electron chi connectivity index (χ1n) is 15.5. The highest BCUT2D eigenvalue weighted by molar-refractivity contribution is 7.40. The molecule has 0 aliphatic rings. The zero-order valence-electron chi connectivity index (χ0n) is 25.9. The van der Waals surface area contributed by atoms with E-state index in [1.807, 2.05) is 0 Å². The van der Waals surface area contributed by atoms with Gasteiger partial charge in [0, 0.05) is 0 Å². The predicted octanol–water partition coefficient (Wildman–Crippen LogP) is 8.59. The average Bonchev–Trinajstić information content (AvgIpc) is 3.01. The van der Waals surface area contributed by atoms with Gasteiger partial charge >= 0.3 is 0 Å². The molecule has 0 N–H and O–H groups in total. The minimum Gasteiger partial charge on any atom is -0.149 e. The Labute approximate surface area is 268 Å². The smallest absolute Gasteiger partial charge is 0.149 e. The van der Waals surface area contributed by atoms with E-state index in [9.17, 15) is 0 Å². The van der Waals surface area contributed by atoms with Gasteiger partial charge in [0.2, 0.25) is 7.38 Å². The third kappa shape index (κ3) is 6.96. The fraction of sp³-hybridized carbons (Fsp3) is 0.143. The van der Waals surface area contributed by atoms with E-state index in [1.165, 1.54) is 65.6 Å². The molecule has 218 valence electrons. The SMILES string of the molecule is Cc1cc(Cc2ccccc2)cc([Si](Cl)(c2cc(C)cc(Cc3ccccc3)c2)c2cc(C)cc(Cc3ccccc3)c2)c1. The summed E-state index contributed by atoms with van der Waals surface area (Å²) in [7, 11) is -2.95. The lowest BCUT2D eigenvalue weighted by Crippen LogP contribution is -2.63. The summed E-state index contributed by atoms with van der Waals surface area (Å²) in [6.45, 7) is 6.62. The van der Waals surface area contributed by atoms with Crippen molar-refractivity contribution in [1.29, 1.82) is 0 Å². The van der Waals surface area contributed by atoms with Crippen molar-refractivity contribution in [3.63, 3.8) is 0 Å². The van der Waals surface area contributed by atoms with Gasteiger partial charge in [-0.2, -0.15) is 0 Å². The molecule has 0 spiro atoms. The maximum Gasteiger partial charge on any atom is 0.247 e. The summed E-state index contributed by atoms with van der Waals surface area (Å²) in [6, 6.07) is 53.3. The van der Waals surface area contributed by atoms with Crippen molar-refractivity contribution in [3.8, 4) is 0 Å². The van der Waals surface area contributed by atoms with Crippen LogP contribution in [0.25, 0.3) is 0 Å². The van der Waals surface area contributed by atoms with Crippen LogP contribution in [0.3, 0.4) is 0 Å². The summed E-state index contributed by atoms with van der Waals surface area (Å²) in [6.07, 6.45) is 2.66. The Hall–Kier alpha value is -4.17. The lowest BCUT2D eigenvalue weighted by molar-refractivity contribution is 1.18. The fourth-order valence-electron chi connectivity index (χ4n) is 6.48. The zero-order chi connectivity index (χ0) is 30.5. The first kappa shape index (κ1) is 29.9. The molecule has 0 unspecified atom stereocenters. The molecule has 6 rings (SSSR count). The van der Waals surface area contributed by atoms with E-state index in [0.29, 0.717) is 0 Å². The summed E-state index contributed by atoms with van der Waals surface area (Å²) < 4.78 is 0. The molecule has 0 aromatic heterocycles. The topological polar surface area (TPSA) is 0 Å². The second-order valence-electron chi connectivity index (χ2n) is 12.3. The first-order chi connectivity index (χ1) is 21.3. The molecule has 0 saturated heterocycles. The maximum absolute atomic E-state index is 8.30. The summed E-state index contributed by atoms with van der Waals surface area (Å²) in [5.74, 6) is 0. The van der Waals surface area contributed by atoms with Gasteiger partial charge in [0.05, 0.1) is 0 Å². The van der Waals surface area contributed by atoms with Gasteiger partial charge in [-0.1, -0.05) is 162 Å². The summed E-state index contributed by atoms with van der Waals surface area (Å²) in [5, 5.41) is 3.74. The van der Waals surface area contributed by atoms with Crippen molar-refractivity contribution in [3.05, 3.63) is 196 Å². The number of halogens is 1. The molecule has 0 fully saturated rings. The molecule has 6 aromatic rings. The van der Waals surface area contributed by atoms with Gasteiger partial charge in [-0.05, 0) is 89.0 Å². The Balaban J connectivity index is 1.52. The van der Waals surface area contributed by atoms with Crippen LogP contribution in [0.5, 0.6) is 0 Å². The van der Waals surface area contributed by atoms with Crippen LogP contribution < -0.4 is 15.6 Å². The number of aryl methyl sites for hydroxylation is 3. The van der Waals surface area contributed by atoms with Gasteiger partial charge in [-0.15, -0.1) is 11.1 Å². The largest absolute Gasteiger partial charge is 0.247 e. The van der Waals surface area contributed by atoms with Gasteiger partial charge in [0.1, 0.15) is 0 Å². The van der Waals surface area contributed by atoms with Gasteiger partial charge < -0.3 is 0 Å². The highest BCUT2D eigenvalue weighted by Crippen LogP contribution is 2.21. The van der Waals surface area contributed by atoms with E-state index in [1.54, 1.807) is 0 Å². The van der Waals surface area contributed by atoms with Crippen LogP contribution in [-0.2, 0) is 19.3 Å². The third-order valence-electron chi connectivity index (χ3n) is 8.36. The minimum atomic E-state index is -2.95. The van der Waals surface area contributed by atoms with E-state index in [4.69, 9.17) is 11.1 Å². The number of hydrogen-bond acceptors (Lipinski definition) is 0. The molecule has 0 saturated carbocycles. The van der Waals surface area contributed by atoms with Crippen LogP contribution >= 0.6 is 11.1 Å². The molecule has 0 bridgehead atoms. The minimum absolute atomic E-state index is 0.886. The van der Waals surface area contributed by atoms with Crippen LogP contribution in [0, 0.1) is 20.8 Å². The quantitative estimate of drug-likeness (QED) is 0.0878. The lowest BCUT2D eigenvalue weighted by Gasteiger charge is -2.29. The number of rotatable bonds is 9. The molecule has 0 amide bonds. The molecule has 0 aliphatic heterocycles. The highest BCUT2D eigenvalue weighted by Gasteiger charge is 2.39. The molecule has 6 aromatic carbocycles. The second kappa shape index (κ2) is 13.2. The van der Waals surface area contributed by atoms with Crippen LogP contribution in [0.1, 0.15) is 50.1 Å². The summed E-state index contributed by atoms with van der Waals surface area (Å²) in [4.78, 5) is 0. The van der Waals surface area contributed by atoms with Gasteiger partial charge in [-0.3, -0.25) is 0 Å². The molecule has 0 atom stereocenters. The van der Waals surface area contributed by atoms with Crippen molar-refractivity contribution in [2.75, 3.05) is 0 Å². The monoisotopic (exact) mass is 606 g/mol. The van der Waals surface area contributed by atoms with Crippen molar-refractivity contribution in [2.24, 2.45) is 0 Å². The van der Waals surface area contributed by atoms with Gasteiger partial charge in [0.15, 0.2) is 0 Å². The lowest BCUT2D eigenvalue weighted by atomic mass is 10.0. The van der Waals surface area contributed by atoms with E-state index in [0.717, 1.165) is 19.3 Å². The molecule has 0 aliphatic carbocycles. The van der Waals surface area contributed by atoms with Crippen LogP contribution in [0.15, 0.2) is 146 Å². The Morgan fingerprint density at radius 3 is 0.909 bits per heavy atom. The predicted molar refractivity (Wildman–Crippen MR) is 192 cm³/mol. The fourth-order valence-corrected chi connectivity index (χ4v) is 10.9.